The molecule has 0 atom stereocenters. The largest absolute Gasteiger partial charge is 0.298 e. The summed E-state index contributed by atoms with van der Waals surface area (Å²) in [5.41, 5.74) is 12.4. The molecule has 2 nitrogen and oxygen atoms in total. The van der Waals surface area contributed by atoms with Gasteiger partial charge in [0, 0.05) is 10.8 Å². The number of hydrogen-bond acceptors (Lipinski definition) is 1. The van der Waals surface area contributed by atoms with Gasteiger partial charge in [-0.2, -0.15) is 0 Å². The quantitative estimate of drug-likeness (QED) is 0.247. The van der Waals surface area contributed by atoms with E-state index in [1.165, 1.54) is 71.7 Å². The van der Waals surface area contributed by atoms with Gasteiger partial charge in [-0.25, -0.2) is 4.98 Å². The van der Waals surface area contributed by atoms with Crippen molar-refractivity contribution in [3.05, 3.63) is 107 Å². The van der Waals surface area contributed by atoms with E-state index >= 15 is 0 Å². The number of aryl methyl sites for hydroxylation is 5. The predicted octanol–water partition coefficient (Wildman–Crippen LogP) is 8.54. The van der Waals surface area contributed by atoms with Gasteiger partial charge in [-0.3, -0.25) is 4.57 Å². The number of imidazole rings is 1. The van der Waals surface area contributed by atoms with Gasteiger partial charge in [0.2, 0.25) is 0 Å². The van der Waals surface area contributed by atoms with Gasteiger partial charge in [0.15, 0.2) is 0 Å². The Hall–Kier alpha value is -3.91. The Labute approximate surface area is 200 Å². The van der Waals surface area contributed by atoms with Gasteiger partial charge in [0.1, 0.15) is 6.33 Å². The predicted molar refractivity (Wildman–Crippen MR) is 145 cm³/mol. The van der Waals surface area contributed by atoms with Gasteiger partial charge in [0.05, 0.1) is 16.7 Å². The van der Waals surface area contributed by atoms with E-state index in [1.807, 2.05) is 6.33 Å². The van der Waals surface area contributed by atoms with Crippen LogP contribution in [0, 0.1) is 34.6 Å². The highest BCUT2D eigenvalue weighted by atomic mass is 15.1. The third-order valence-electron chi connectivity index (χ3n) is 7.22. The summed E-state index contributed by atoms with van der Waals surface area (Å²) in [4.78, 5) is 5.02. The minimum absolute atomic E-state index is 1.06. The molecule has 6 aromatic rings. The number of benzene rings is 5. The summed E-state index contributed by atoms with van der Waals surface area (Å²) >= 11 is 0. The van der Waals surface area contributed by atoms with E-state index in [2.05, 4.69) is 112 Å². The summed E-state index contributed by atoms with van der Waals surface area (Å²) in [6.07, 6.45) is 2.00. The van der Waals surface area contributed by atoms with Crippen LogP contribution >= 0.6 is 0 Å². The standard InChI is InChI=1S/C32H28N2/c1-19-15-16-24-27(17-19)29-25(28-20(2)9-6-10-21(28)3)13-8-14-26(29)30-32(24)34(18-33-30)31-22(4)11-7-12-23(31)5/h6-18H,1-5H3. The van der Waals surface area contributed by atoms with Gasteiger partial charge < -0.3 is 0 Å². The van der Waals surface area contributed by atoms with Crippen LogP contribution in [-0.4, -0.2) is 9.55 Å². The van der Waals surface area contributed by atoms with E-state index in [1.54, 1.807) is 0 Å². The summed E-state index contributed by atoms with van der Waals surface area (Å²) < 4.78 is 2.29. The van der Waals surface area contributed by atoms with Crippen molar-refractivity contribution in [1.29, 1.82) is 0 Å². The van der Waals surface area contributed by atoms with Crippen LogP contribution in [0.5, 0.6) is 0 Å². The van der Waals surface area contributed by atoms with Crippen molar-refractivity contribution in [3.63, 3.8) is 0 Å². The number of aromatic nitrogens is 2. The lowest BCUT2D eigenvalue weighted by Gasteiger charge is -2.17. The molecule has 0 saturated heterocycles. The first kappa shape index (κ1) is 20.7. The summed E-state index contributed by atoms with van der Waals surface area (Å²) in [5.74, 6) is 0. The van der Waals surface area contributed by atoms with E-state index in [-0.39, 0.29) is 0 Å². The minimum atomic E-state index is 1.06. The van der Waals surface area contributed by atoms with Crippen LogP contribution in [-0.2, 0) is 0 Å². The molecule has 0 aliphatic heterocycles. The first-order chi connectivity index (χ1) is 16.5. The van der Waals surface area contributed by atoms with Crippen LogP contribution in [0.3, 0.4) is 0 Å². The molecule has 0 fully saturated rings. The van der Waals surface area contributed by atoms with E-state index < -0.39 is 0 Å². The summed E-state index contributed by atoms with van der Waals surface area (Å²) in [6.45, 7) is 11.0. The van der Waals surface area contributed by atoms with E-state index in [9.17, 15) is 0 Å². The monoisotopic (exact) mass is 440 g/mol. The average molecular weight is 441 g/mol. The maximum absolute atomic E-state index is 5.02. The van der Waals surface area contributed by atoms with Crippen molar-refractivity contribution in [1.82, 2.24) is 9.55 Å². The van der Waals surface area contributed by atoms with Gasteiger partial charge >= 0.3 is 0 Å². The van der Waals surface area contributed by atoms with Crippen LogP contribution in [0.1, 0.15) is 27.8 Å². The van der Waals surface area contributed by atoms with E-state index in [0.29, 0.717) is 0 Å². The zero-order valence-electron chi connectivity index (χ0n) is 20.4. The molecule has 0 amide bonds. The molecule has 2 heteroatoms. The SMILES string of the molecule is Cc1ccc2c(c1)c1c(-c3c(C)cccc3C)cccc1c1ncn(-c3c(C)cccc3C)c21. The lowest BCUT2D eigenvalue weighted by atomic mass is 9.88. The molecule has 0 spiro atoms. The second-order valence-electron chi connectivity index (χ2n) is 9.60. The van der Waals surface area contributed by atoms with E-state index in [4.69, 9.17) is 4.98 Å². The minimum Gasteiger partial charge on any atom is -0.298 e. The highest BCUT2D eigenvalue weighted by Crippen LogP contribution is 2.42. The third kappa shape index (κ3) is 2.92. The smallest absolute Gasteiger partial charge is 0.100 e. The third-order valence-corrected chi connectivity index (χ3v) is 7.22. The van der Waals surface area contributed by atoms with Gasteiger partial charge in [-0.1, -0.05) is 78.4 Å². The normalized spacial score (nSPS) is 11.7. The fourth-order valence-corrected chi connectivity index (χ4v) is 5.72. The molecule has 0 aliphatic rings. The maximum Gasteiger partial charge on any atom is 0.100 e. The van der Waals surface area contributed by atoms with Crippen molar-refractivity contribution in [2.24, 2.45) is 0 Å². The Morgan fingerprint density at radius 1 is 0.618 bits per heavy atom. The fourth-order valence-electron chi connectivity index (χ4n) is 5.72. The second kappa shape index (κ2) is 7.56. The zero-order valence-corrected chi connectivity index (χ0v) is 20.4. The van der Waals surface area contributed by atoms with Crippen molar-refractivity contribution < 1.29 is 0 Å². The first-order valence-electron chi connectivity index (χ1n) is 11.9. The van der Waals surface area contributed by atoms with Crippen LogP contribution < -0.4 is 0 Å². The molecule has 5 aromatic carbocycles. The lowest BCUT2D eigenvalue weighted by molar-refractivity contribution is 1.06. The molecular formula is C32H28N2. The molecule has 0 radical (unpaired) electrons. The molecular weight excluding hydrogens is 412 g/mol. The average Bonchev–Trinajstić information content (AvgIpc) is 3.24. The Morgan fingerprint density at radius 2 is 1.26 bits per heavy atom. The zero-order chi connectivity index (χ0) is 23.6. The molecule has 6 rings (SSSR count). The molecule has 0 N–H and O–H groups in total. The Kier molecular flexibility index (Phi) is 4.60. The second-order valence-corrected chi connectivity index (χ2v) is 9.60. The van der Waals surface area contributed by atoms with Crippen LogP contribution in [0.15, 0.2) is 79.1 Å². The van der Waals surface area contributed by atoms with Crippen molar-refractivity contribution in [2.75, 3.05) is 0 Å². The summed E-state index contributed by atoms with van der Waals surface area (Å²) in [7, 11) is 0. The highest BCUT2D eigenvalue weighted by Gasteiger charge is 2.19. The molecule has 0 unspecified atom stereocenters. The number of fused-ring (bicyclic) bond motifs is 6. The van der Waals surface area contributed by atoms with Crippen LogP contribution in [0.2, 0.25) is 0 Å². The van der Waals surface area contributed by atoms with Crippen LogP contribution in [0.25, 0.3) is 49.4 Å². The Morgan fingerprint density at radius 3 is 1.97 bits per heavy atom. The van der Waals surface area contributed by atoms with E-state index in [0.717, 1.165) is 5.52 Å². The molecule has 34 heavy (non-hydrogen) atoms. The number of rotatable bonds is 2. The van der Waals surface area contributed by atoms with Crippen LogP contribution in [0.4, 0.5) is 0 Å². The summed E-state index contributed by atoms with van der Waals surface area (Å²) in [6, 6.07) is 26.6. The molecule has 0 saturated carbocycles. The maximum atomic E-state index is 5.02. The van der Waals surface area contributed by atoms with Crippen molar-refractivity contribution >= 4 is 32.6 Å². The van der Waals surface area contributed by atoms with Gasteiger partial charge in [-0.05, 0) is 78.8 Å². The topological polar surface area (TPSA) is 17.8 Å². The fraction of sp³-hybridized carbons (Fsp3) is 0.156. The summed E-state index contributed by atoms with van der Waals surface area (Å²) in [5, 5.41) is 5.02. The first-order valence-corrected chi connectivity index (χ1v) is 11.9. The molecule has 1 heterocycles. The van der Waals surface area contributed by atoms with Crippen molar-refractivity contribution in [3.8, 4) is 16.8 Å². The Bertz CT molecular complexity index is 1710. The lowest BCUT2D eigenvalue weighted by Crippen LogP contribution is -1.99. The number of para-hydroxylation sites is 1. The van der Waals surface area contributed by atoms with Gasteiger partial charge in [0.25, 0.3) is 0 Å². The van der Waals surface area contributed by atoms with Gasteiger partial charge in [-0.15, -0.1) is 0 Å². The molecule has 1 aromatic heterocycles. The van der Waals surface area contributed by atoms with Crippen molar-refractivity contribution in [2.45, 2.75) is 34.6 Å². The molecule has 166 valence electrons. The number of hydrogen-bond donors (Lipinski definition) is 0. The molecule has 0 bridgehead atoms. The Balaban J connectivity index is 1.85. The molecule has 0 aliphatic carbocycles. The number of nitrogens with zero attached hydrogens (tertiary/aromatic N) is 2. The highest BCUT2D eigenvalue weighted by molar-refractivity contribution is 6.27.